The summed E-state index contributed by atoms with van der Waals surface area (Å²) in [4.78, 5) is 16.8. The monoisotopic (exact) mass is 367 g/mol. The molecule has 27 heavy (non-hydrogen) atoms. The van der Waals surface area contributed by atoms with Crippen LogP contribution in [-0.2, 0) is 0 Å². The van der Waals surface area contributed by atoms with Crippen molar-refractivity contribution in [3.8, 4) is 11.5 Å². The van der Waals surface area contributed by atoms with E-state index < -0.39 is 0 Å². The van der Waals surface area contributed by atoms with Crippen LogP contribution >= 0.6 is 0 Å². The molecule has 2 aromatic carbocycles. The molecule has 2 aliphatic rings. The minimum atomic E-state index is -0.0781. The van der Waals surface area contributed by atoms with Gasteiger partial charge in [0.2, 0.25) is 6.79 Å². The minimum Gasteiger partial charge on any atom is -0.454 e. The molecule has 2 heterocycles. The molecule has 0 unspecified atom stereocenters. The van der Waals surface area contributed by atoms with Gasteiger partial charge in [0, 0.05) is 43.6 Å². The quantitative estimate of drug-likeness (QED) is 0.894. The number of amides is 2. The summed E-state index contributed by atoms with van der Waals surface area (Å²) in [5.74, 6) is 1.86. The lowest BCUT2D eigenvalue weighted by Crippen LogP contribution is -2.50. The summed E-state index contributed by atoms with van der Waals surface area (Å²) < 4.78 is 10.7. The van der Waals surface area contributed by atoms with Gasteiger partial charge in [-0.2, -0.15) is 0 Å². The third kappa shape index (κ3) is 3.65. The summed E-state index contributed by atoms with van der Waals surface area (Å²) in [6.07, 6.45) is 0. The predicted octanol–water partition coefficient (Wildman–Crippen LogP) is 3.89. The highest BCUT2D eigenvalue weighted by molar-refractivity contribution is 5.90. The molecule has 0 atom stereocenters. The zero-order chi connectivity index (χ0) is 18.8. The Bertz CT molecular complexity index is 829. The van der Waals surface area contributed by atoms with Crippen molar-refractivity contribution in [2.24, 2.45) is 0 Å². The van der Waals surface area contributed by atoms with Crippen LogP contribution in [-0.4, -0.2) is 43.9 Å². The fourth-order valence-corrected chi connectivity index (χ4v) is 3.59. The number of carbonyl (C=O) groups excluding carboxylic acids is 1. The Balaban J connectivity index is 1.37. The SMILES string of the molecule is CC(C)c1ccccc1N1CCN(C(=O)Nc2ccc3c(c2)OCO3)CC1. The van der Waals surface area contributed by atoms with Gasteiger partial charge < -0.3 is 24.6 Å². The lowest BCUT2D eigenvalue weighted by Gasteiger charge is -2.37. The molecule has 6 nitrogen and oxygen atoms in total. The van der Waals surface area contributed by atoms with Gasteiger partial charge >= 0.3 is 6.03 Å². The first-order valence-corrected chi connectivity index (χ1v) is 9.41. The van der Waals surface area contributed by atoms with E-state index in [1.807, 2.05) is 17.0 Å². The van der Waals surface area contributed by atoms with Crippen molar-refractivity contribution >= 4 is 17.4 Å². The number of urea groups is 1. The van der Waals surface area contributed by atoms with Gasteiger partial charge in [0.1, 0.15) is 0 Å². The minimum absolute atomic E-state index is 0.0781. The average Bonchev–Trinajstić information content (AvgIpc) is 3.16. The van der Waals surface area contributed by atoms with Crippen LogP contribution in [0.3, 0.4) is 0 Å². The molecule has 0 spiro atoms. The molecule has 0 aliphatic carbocycles. The second kappa shape index (κ2) is 7.39. The molecule has 0 aromatic heterocycles. The Labute approximate surface area is 159 Å². The maximum Gasteiger partial charge on any atom is 0.321 e. The number of nitrogens with zero attached hydrogens (tertiary/aromatic N) is 2. The highest BCUT2D eigenvalue weighted by atomic mass is 16.7. The van der Waals surface area contributed by atoms with Gasteiger partial charge in [0.25, 0.3) is 0 Å². The van der Waals surface area contributed by atoms with Crippen LogP contribution < -0.4 is 19.7 Å². The van der Waals surface area contributed by atoms with Gasteiger partial charge in [0.15, 0.2) is 11.5 Å². The lowest BCUT2D eigenvalue weighted by atomic mass is 10.00. The number of ether oxygens (including phenoxy) is 2. The number of carbonyl (C=O) groups is 1. The summed E-state index contributed by atoms with van der Waals surface area (Å²) in [6.45, 7) is 7.72. The van der Waals surface area contributed by atoms with E-state index in [4.69, 9.17) is 9.47 Å². The van der Waals surface area contributed by atoms with Crippen molar-refractivity contribution in [2.45, 2.75) is 19.8 Å². The van der Waals surface area contributed by atoms with Crippen molar-refractivity contribution in [3.05, 3.63) is 48.0 Å². The Morgan fingerprint density at radius 2 is 1.74 bits per heavy atom. The summed E-state index contributed by atoms with van der Waals surface area (Å²) in [5.41, 5.74) is 3.36. The molecule has 0 saturated carbocycles. The number of hydrogen-bond acceptors (Lipinski definition) is 4. The zero-order valence-corrected chi connectivity index (χ0v) is 15.8. The fraction of sp³-hybridized carbons (Fsp3) is 0.381. The van der Waals surface area contributed by atoms with Crippen molar-refractivity contribution < 1.29 is 14.3 Å². The molecule has 0 radical (unpaired) electrons. The number of para-hydroxylation sites is 1. The maximum atomic E-state index is 12.6. The van der Waals surface area contributed by atoms with E-state index in [2.05, 4.69) is 48.3 Å². The van der Waals surface area contributed by atoms with Crippen LogP contribution in [0.1, 0.15) is 25.3 Å². The second-order valence-corrected chi connectivity index (χ2v) is 7.19. The molecular formula is C21H25N3O3. The van der Waals surface area contributed by atoms with Crippen LogP contribution in [0.4, 0.5) is 16.2 Å². The van der Waals surface area contributed by atoms with E-state index in [0.29, 0.717) is 30.5 Å². The molecular weight excluding hydrogens is 342 g/mol. The predicted molar refractivity (Wildman–Crippen MR) is 106 cm³/mol. The number of nitrogens with one attached hydrogen (secondary N) is 1. The summed E-state index contributed by atoms with van der Waals surface area (Å²) in [6, 6.07) is 13.9. The first-order chi connectivity index (χ1) is 13.1. The van der Waals surface area contributed by atoms with Crippen LogP contribution in [0.5, 0.6) is 11.5 Å². The first-order valence-electron chi connectivity index (χ1n) is 9.41. The molecule has 2 aromatic rings. The summed E-state index contributed by atoms with van der Waals surface area (Å²) >= 11 is 0. The lowest BCUT2D eigenvalue weighted by molar-refractivity contribution is 0.174. The number of piperazine rings is 1. The Morgan fingerprint density at radius 3 is 2.52 bits per heavy atom. The van der Waals surface area contributed by atoms with Crippen LogP contribution in [0.2, 0.25) is 0 Å². The van der Waals surface area contributed by atoms with Gasteiger partial charge in [-0.3, -0.25) is 0 Å². The van der Waals surface area contributed by atoms with Crippen molar-refractivity contribution in [3.63, 3.8) is 0 Å². The molecule has 1 saturated heterocycles. The van der Waals surface area contributed by atoms with Crippen molar-refractivity contribution in [1.29, 1.82) is 0 Å². The number of fused-ring (bicyclic) bond motifs is 1. The fourth-order valence-electron chi connectivity index (χ4n) is 3.59. The average molecular weight is 367 g/mol. The van der Waals surface area contributed by atoms with E-state index in [-0.39, 0.29) is 12.8 Å². The molecule has 1 N–H and O–H groups in total. The number of hydrogen-bond donors (Lipinski definition) is 1. The van der Waals surface area contributed by atoms with Gasteiger partial charge in [-0.1, -0.05) is 32.0 Å². The number of anilines is 2. The number of rotatable bonds is 3. The van der Waals surface area contributed by atoms with Crippen LogP contribution in [0.15, 0.2) is 42.5 Å². The van der Waals surface area contributed by atoms with Crippen molar-refractivity contribution in [2.75, 3.05) is 43.2 Å². The van der Waals surface area contributed by atoms with Crippen LogP contribution in [0.25, 0.3) is 0 Å². The molecule has 4 rings (SSSR count). The molecule has 142 valence electrons. The van der Waals surface area contributed by atoms with Gasteiger partial charge in [-0.15, -0.1) is 0 Å². The maximum absolute atomic E-state index is 12.6. The van der Waals surface area contributed by atoms with Gasteiger partial charge in [-0.25, -0.2) is 4.79 Å². The Morgan fingerprint density at radius 1 is 1.00 bits per heavy atom. The third-order valence-corrected chi connectivity index (χ3v) is 5.09. The summed E-state index contributed by atoms with van der Waals surface area (Å²) in [7, 11) is 0. The molecule has 1 fully saturated rings. The first kappa shape index (κ1) is 17.5. The van der Waals surface area contributed by atoms with Crippen LogP contribution in [0, 0.1) is 0 Å². The highest BCUT2D eigenvalue weighted by Crippen LogP contribution is 2.34. The second-order valence-electron chi connectivity index (χ2n) is 7.19. The third-order valence-electron chi connectivity index (χ3n) is 5.09. The van der Waals surface area contributed by atoms with Gasteiger partial charge in [-0.05, 0) is 29.7 Å². The summed E-state index contributed by atoms with van der Waals surface area (Å²) in [5, 5.41) is 2.96. The number of benzene rings is 2. The smallest absolute Gasteiger partial charge is 0.321 e. The van der Waals surface area contributed by atoms with E-state index in [9.17, 15) is 4.79 Å². The normalized spacial score (nSPS) is 16.0. The molecule has 0 bridgehead atoms. The standard InChI is InChI=1S/C21H25N3O3/c1-15(2)17-5-3-4-6-18(17)23-9-11-24(12-10-23)21(25)22-16-7-8-19-20(13-16)27-14-26-19/h3-8,13,15H,9-12,14H2,1-2H3,(H,22,25). The van der Waals surface area contributed by atoms with E-state index in [1.165, 1.54) is 11.3 Å². The molecule has 6 heteroatoms. The largest absolute Gasteiger partial charge is 0.454 e. The van der Waals surface area contributed by atoms with Crippen molar-refractivity contribution in [1.82, 2.24) is 4.90 Å². The molecule has 2 amide bonds. The van der Waals surface area contributed by atoms with E-state index in [0.717, 1.165) is 18.8 Å². The topological polar surface area (TPSA) is 54.0 Å². The van der Waals surface area contributed by atoms with E-state index in [1.54, 1.807) is 6.07 Å². The van der Waals surface area contributed by atoms with E-state index >= 15 is 0 Å². The Kier molecular flexibility index (Phi) is 4.79. The van der Waals surface area contributed by atoms with Gasteiger partial charge in [0.05, 0.1) is 0 Å². The molecule has 2 aliphatic heterocycles. The highest BCUT2D eigenvalue weighted by Gasteiger charge is 2.23. The zero-order valence-electron chi connectivity index (χ0n) is 15.8. The Hall–Kier alpha value is -2.89.